The first-order chi connectivity index (χ1) is 16.4. The molecule has 34 heavy (non-hydrogen) atoms. The number of aromatic nitrogens is 3. The summed E-state index contributed by atoms with van der Waals surface area (Å²) in [4.78, 5) is 40.5. The summed E-state index contributed by atoms with van der Waals surface area (Å²) in [6.45, 7) is 0. The summed E-state index contributed by atoms with van der Waals surface area (Å²) in [6, 6.07) is 17.1. The molecule has 0 saturated heterocycles. The van der Waals surface area contributed by atoms with Gasteiger partial charge in [-0.3, -0.25) is 14.9 Å². The molecule has 2 heterocycles. The van der Waals surface area contributed by atoms with E-state index in [4.69, 9.17) is 16.3 Å². The van der Waals surface area contributed by atoms with E-state index in [9.17, 15) is 19.7 Å². The number of carbonyl (C=O) groups excluding carboxylic acids is 2. The van der Waals surface area contributed by atoms with Gasteiger partial charge in [0.2, 0.25) is 6.10 Å². The fourth-order valence-electron chi connectivity index (χ4n) is 3.06. The Morgan fingerprint density at radius 2 is 1.88 bits per heavy atom. The lowest BCUT2D eigenvalue weighted by molar-refractivity contribution is -0.384. The first-order valence-electron chi connectivity index (χ1n) is 9.89. The summed E-state index contributed by atoms with van der Waals surface area (Å²) in [5, 5.41) is 17.7. The van der Waals surface area contributed by atoms with Crippen LogP contribution in [0.2, 0.25) is 5.02 Å². The van der Waals surface area contributed by atoms with Crippen LogP contribution in [0.5, 0.6) is 0 Å². The Balaban J connectivity index is 1.56. The SMILES string of the molecule is O=C(O[C@H](C(=O)Nc1ccc(Cl)c([N+](=O)[O-])c1)c1ccccc1)c1ccc(-n2cccn2)nc1. The number of ether oxygens (including phenoxy) is 1. The molecule has 0 bridgehead atoms. The van der Waals surface area contributed by atoms with Gasteiger partial charge in [-0.15, -0.1) is 0 Å². The van der Waals surface area contributed by atoms with Crippen LogP contribution in [0.25, 0.3) is 5.82 Å². The number of benzene rings is 2. The van der Waals surface area contributed by atoms with E-state index in [1.54, 1.807) is 54.9 Å². The molecule has 0 unspecified atom stereocenters. The third kappa shape index (κ3) is 5.08. The number of rotatable bonds is 7. The zero-order chi connectivity index (χ0) is 24.1. The molecule has 0 aliphatic carbocycles. The van der Waals surface area contributed by atoms with Crippen LogP contribution in [0, 0.1) is 10.1 Å². The average Bonchev–Trinajstić information content (AvgIpc) is 3.39. The van der Waals surface area contributed by atoms with E-state index in [-0.39, 0.29) is 22.0 Å². The van der Waals surface area contributed by atoms with Crippen molar-refractivity contribution in [3.05, 3.63) is 112 Å². The van der Waals surface area contributed by atoms with Crippen LogP contribution in [0.3, 0.4) is 0 Å². The van der Waals surface area contributed by atoms with Crippen molar-refractivity contribution in [1.29, 1.82) is 0 Å². The van der Waals surface area contributed by atoms with Crippen LogP contribution in [0.1, 0.15) is 22.0 Å². The molecule has 170 valence electrons. The first kappa shape index (κ1) is 22.6. The second-order valence-electron chi connectivity index (χ2n) is 6.96. The van der Waals surface area contributed by atoms with Crippen molar-refractivity contribution in [2.45, 2.75) is 6.10 Å². The third-order valence-electron chi connectivity index (χ3n) is 4.70. The smallest absolute Gasteiger partial charge is 0.340 e. The monoisotopic (exact) mass is 477 g/mol. The largest absolute Gasteiger partial charge is 0.444 e. The molecular formula is C23H16ClN5O5. The Bertz CT molecular complexity index is 1330. The molecule has 4 aromatic rings. The van der Waals surface area contributed by atoms with Gasteiger partial charge in [-0.25, -0.2) is 14.5 Å². The summed E-state index contributed by atoms with van der Waals surface area (Å²) in [5.41, 5.74) is 0.309. The van der Waals surface area contributed by atoms with E-state index < -0.39 is 22.9 Å². The number of anilines is 1. The molecule has 10 nitrogen and oxygen atoms in total. The molecule has 0 fully saturated rings. The number of amides is 1. The molecule has 0 aliphatic rings. The van der Waals surface area contributed by atoms with Crippen LogP contribution < -0.4 is 5.32 Å². The summed E-state index contributed by atoms with van der Waals surface area (Å²) in [7, 11) is 0. The maximum Gasteiger partial charge on any atom is 0.340 e. The fourth-order valence-corrected chi connectivity index (χ4v) is 3.25. The lowest BCUT2D eigenvalue weighted by atomic mass is 10.1. The number of pyridine rings is 1. The van der Waals surface area contributed by atoms with E-state index >= 15 is 0 Å². The molecule has 2 aromatic carbocycles. The number of nitrogens with one attached hydrogen (secondary N) is 1. The quantitative estimate of drug-likeness (QED) is 0.238. The molecular weight excluding hydrogens is 462 g/mol. The van der Waals surface area contributed by atoms with Crippen molar-refractivity contribution >= 4 is 34.9 Å². The normalized spacial score (nSPS) is 11.4. The topological polar surface area (TPSA) is 129 Å². The average molecular weight is 478 g/mol. The number of esters is 1. The van der Waals surface area contributed by atoms with Crippen molar-refractivity contribution in [3.8, 4) is 5.82 Å². The number of halogens is 1. The van der Waals surface area contributed by atoms with Crippen molar-refractivity contribution in [2.24, 2.45) is 0 Å². The molecule has 1 atom stereocenters. The molecule has 0 aliphatic heterocycles. The Morgan fingerprint density at radius 3 is 2.53 bits per heavy atom. The molecule has 0 radical (unpaired) electrons. The second kappa shape index (κ2) is 9.92. The predicted molar refractivity (Wildman–Crippen MR) is 123 cm³/mol. The highest BCUT2D eigenvalue weighted by atomic mass is 35.5. The molecule has 4 rings (SSSR count). The highest BCUT2D eigenvalue weighted by Crippen LogP contribution is 2.28. The predicted octanol–water partition coefficient (Wildman–Crippen LogP) is 4.37. The maximum absolute atomic E-state index is 13.0. The van der Waals surface area contributed by atoms with Crippen molar-refractivity contribution < 1.29 is 19.2 Å². The van der Waals surface area contributed by atoms with Gasteiger partial charge in [0.05, 0.1) is 10.5 Å². The third-order valence-corrected chi connectivity index (χ3v) is 5.02. The van der Waals surface area contributed by atoms with Gasteiger partial charge >= 0.3 is 5.97 Å². The van der Waals surface area contributed by atoms with Crippen molar-refractivity contribution in [2.75, 3.05) is 5.32 Å². The summed E-state index contributed by atoms with van der Waals surface area (Å²) in [5.74, 6) is -0.967. The van der Waals surface area contributed by atoms with Gasteiger partial charge in [-0.2, -0.15) is 5.10 Å². The van der Waals surface area contributed by atoms with Crippen LogP contribution in [-0.4, -0.2) is 31.6 Å². The number of nitrogens with zero attached hydrogens (tertiary/aromatic N) is 4. The second-order valence-corrected chi connectivity index (χ2v) is 7.37. The standard InChI is InChI=1S/C23H16ClN5O5/c24-18-9-8-17(13-19(18)29(32)33)27-22(30)21(15-5-2-1-3-6-15)34-23(31)16-7-10-20(25-14-16)28-12-4-11-26-28/h1-14,21H,(H,27,30)/t21-/m0/s1. The van der Waals surface area contributed by atoms with E-state index in [1.165, 1.54) is 29.1 Å². The van der Waals surface area contributed by atoms with Gasteiger partial charge in [0.15, 0.2) is 5.82 Å². The fraction of sp³-hybridized carbons (Fsp3) is 0.0435. The minimum absolute atomic E-state index is 0.0694. The van der Waals surface area contributed by atoms with Gasteiger partial charge in [-0.05, 0) is 30.3 Å². The number of nitro groups is 1. The Morgan fingerprint density at radius 1 is 1.09 bits per heavy atom. The van der Waals surface area contributed by atoms with E-state index in [2.05, 4.69) is 15.4 Å². The van der Waals surface area contributed by atoms with E-state index in [0.29, 0.717) is 11.4 Å². The Labute approximate surface area is 197 Å². The zero-order valence-electron chi connectivity index (χ0n) is 17.4. The summed E-state index contributed by atoms with van der Waals surface area (Å²) < 4.78 is 7.04. The van der Waals surface area contributed by atoms with Gasteiger partial charge in [0, 0.05) is 35.9 Å². The minimum atomic E-state index is -1.32. The number of carbonyl (C=O) groups is 2. The van der Waals surface area contributed by atoms with Gasteiger partial charge < -0.3 is 10.1 Å². The lowest BCUT2D eigenvalue weighted by Crippen LogP contribution is -2.26. The van der Waals surface area contributed by atoms with Crippen molar-refractivity contribution in [1.82, 2.24) is 14.8 Å². The summed E-state index contributed by atoms with van der Waals surface area (Å²) in [6.07, 6.45) is 3.30. The Kier molecular flexibility index (Phi) is 6.60. The van der Waals surface area contributed by atoms with Gasteiger partial charge in [0.1, 0.15) is 5.02 Å². The number of nitro benzene ring substituents is 1. The summed E-state index contributed by atoms with van der Waals surface area (Å²) >= 11 is 5.83. The van der Waals surface area contributed by atoms with Gasteiger partial charge in [-0.1, -0.05) is 41.9 Å². The molecule has 2 aromatic heterocycles. The molecule has 0 saturated carbocycles. The van der Waals surface area contributed by atoms with E-state index in [1.807, 2.05) is 0 Å². The van der Waals surface area contributed by atoms with Crippen LogP contribution >= 0.6 is 11.6 Å². The Hall–Kier alpha value is -4.57. The molecule has 1 amide bonds. The van der Waals surface area contributed by atoms with Crippen LogP contribution in [0.15, 0.2) is 85.3 Å². The molecule has 0 spiro atoms. The van der Waals surface area contributed by atoms with Crippen LogP contribution in [0.4, 0.5) is 11.4 Å². The zero-order valence-corrected chi connectivity index (χ0v) is 18.1. The van der Waals surface area contributed by atoms with E-state index in [0.717, 1.165) is 6.07 Å². The van der Waals surface area contributed by atoms with Crippen LogP contribution in [-0.2, 0) is 9.53 Å². The minimum Gasteiger partial charge on any atom is -0.444 e. The lowest BCUT2D eigenvalue weighted by Gasteiger charge is -2.18. The highest BCUT2D eigenvalue weighted by Gasteiger charge is 2.27. The first-order valence-corrected chi connectivity index (χ1v) is 10.3. The molecule has 1 N–H and O–H groups in total. The molecule has 11 heteroatoms. The maximum atomic E-state index is 13.0. The number of hydrogen-bond acceptors (Lipinski definition) is 7. The number of hydrogen-bond donors (Lipinski definition) is 1. The van der Waals surface area contributed by atoms with Gasteiger partial charge in [0.25, 0.3) is 11.6 Å². The van der Waals surface area contributed by atoms with Crippen molar-refractivity contribution in [3.63, 3.8) is 0 Å². The highest BCUT2D eigenvalue weighted by molar-refractivity contribution is 6.32.